The van der Waals surface area contributed by atoms with Gasteiger partial charge in [0.25, 0.3) is 5.91 Å². The minimum atomic E-state index is -0.0691. The summed E-state index contributed by atoms with van der Waals surface area (Å²) in [5, 5.41) is 0.620. The lowest BCUT2D eigenvalue weighted by molar-refractivity contribution is -0.130. The largest absolute Gasteiger partial charge is 0.497 e. The summed E-state index contributed by atoms with van der Waals surface area (Å²) >= 11 is 6.31. The summed E-state index contributed by atoms with van der Waals surface area (Å²) in [5.74, 6) is 0.577. The topological polar surface area (TPSA) is 49.9 Å². The summed E-state index contributed by atoms with van der Waals surface area (Å²) in [6, 6.07) is 12.9. The third-order valence-electron chi connectivity index (χ3n) is 4.59. The van der Waals surface area contributed by atoms with Crippen LogP contribution in [0.5, 0.6) is 5.75 Å². The van der Waals surface area contributed by atoms with Gasteiger partial charge in [0, 0.05) is 49.3 Å². The number of halogens is 1. The monoisotopic (exact) mass is 372 g/mol. The van der Waals surface area contributed by atoms with Crippen molar-refractivity contribution in [3.05, 3.63) is 53.1 Å². The molecular weight excluding hydrogens is 352 g/mol. The van der Waals surface area contributed by atoms with Gasteiger partial charge in [-0.25, -0.2) is 0 Å². The molecule has 0 radical (unpaired) electrons. The molecule has 136 valence electrons. The highest BCUT2D eigenvalue weighted by atomic mass is 35.5. The Balaban J connectivity index is 1.88. The van der Waals surface area contributed by atoms with Crippen LogP contribution in [0, 0.1) is 0 Å². The molecule has 1 aliphatic heterocycles. The second-order valence-corrected chi connectivity index (χ2v) is 6.64. The van der Waals surface area contributed by atoms with Crippen molar-refractivity contribution < 1.29 is 14.3 Å². The summed E-state index contributed by atoms with van der Waals surface area (Å²) in [6.45, 7) is 3.72. The molecule has 0 aromatic heterocycles. The first-order valence-corrected chi connectivity index (χ1v) is 8.86. The Morgan fingerprint density at radius 2 is 1.65 bits per heavy atom. The van der Waals surface area contributed by atoms with Crippen LogP contribution < -0.4 is 4.74 Å². The number of hydrogen-bond donors (Lipinski definition) is 0. The molecule has 2 aromatic rings. The number of hydrogen-bond acceptors (Lipinski definition) is 3. The van der Waals surface area contributed by atoms with Gasteiger partial charge in [-0.2, -0.15) is 0 Å². The predicted molar refractivity (Wildman–Crippen MR) is 102 cm³/mol. The van der Waals surface area contributed by atoms with Gasteiger partial charge in [-0.1, -0.05) is 29.8 Å². The van der Waals surface area contributed by atoms with E-state index in [1.54, 1.807) is 29.9 Å². The highest BCUT2D eigenvalue weighted by Crippen LogP contribution is 2.31. The lowest BCUT2D eigenvalue weighted by Crippen LogP contribution is -2.50. The maximum Gasteiger partial charge on any atom is 0.254 e. The fourth-order valence-electron chi connectivity index (χ4n) is 3.10. The van der Waals surface area contributed by atoms with E-state index in [0.717, 1.165) is 11.1 Å². The molecule has 0 aliphatic carbocycles. The second-order valence-electron chi connectivity index (χ2n) is 6.23. The lowest BCUT2D eigenvalue weighted by atomic mass is 10.0. The van der Waals surface area contributed by atoms with Gasteiger partial charge >= 0.3 is 0 Å². The molecule has 26 heavy (non-hydrogen) atoms. The molecule has 2 amide bonds. The first kappa shape index (κ1) is 18.3. The minimum Gasteiger partial charge on any atom is -0.497 e. The maximum atomic E-state index is 12.9. The number of rotatable bonds is 3. The number of ether oxygens (including phenoxy) is 1. The molecule has 1 heterocycles. The Morgan fingerprint density at radius 3 is 2.27 bits per heavy atom. The second kappa shape index (κ2) is 7.79. The van der Waals surface area contributed by atoms with Crippen molar-refractivity contribution in [3.8, 4) is 16.9 Å². The summed E-state index contributed by atoms with van der Waals surface area (Å²) in [7, 11) is 1.58. The maximum absolute atomic E-state index is 12.9. The standard InChI is InChI=1S/C20H21ClN2O3/c1-14(24)22-7-9-23(10-8-22)20(25)16-11-15(12-17(13-16)26-2)18-5-3-4-6-19(18)21/h3-6,11-13H,7-10H2,1-2H3. The van der Waals surface area contributed by atoms with E-state index in [-0.39, 0.29) is 11.8 Å². The first-order chi connectivity index (χ1) is 12.5. The zero-order valence-electron chi connectivity index (χ0n) is 14.9. The number of carbonyl (C=O) groups excluding carboxylic acids is 2. The van der Waals surface area contributed by atoms with Gasteiger partial charge in [0.05, 0.1) is 7.11 Å². The zero-order valence-corrected chi connectivity index (χ0v) is 15.6. The third kappa shape index (κ3) is 3.83. The third-order valence-corrected chi connectivity index (χ3v) is 4.92. The van der Waals surface area contributed by atoms with Crippen molar-refractivity contribution in [3.63, 3.8) is 0 Å². The predicted octanol–water partition coefficient (Wildman–Crippen LogP) is 3.32. The fourth-order valence-corrected chi connectivity index (χ4v) is 3.34. The van der Waals surface area contributed by atoms with E-state index >= 15 is 0 Å². The van der Waals surface area contributed by atoms with E-state index in [9.17, 15) is 9.59 Å². The lowest BCUT2D eigenvalue weighted by Gasteiger charge is -2.34. The number of piperazine rings is 1. The van der Waals surface area contributed by atoms with E-state index < -0.39 is 0 Å². The number of methoxy groups -OCH3 is 1. The number of benzene rings is 2. The Hall–Kier alpha value is -2.53. The molecule has 2 aromatic carbocycles. The molecule has 3 rings (SSSR count). The molecule has 0 spiro atoms. The van der Waals surface area contributed by atoms with Crippen molar-refractivity contribution in [2.45, 2.75) is 6.92 Å². The normalized spacial score (nSPS) is 14.3. The van der Waals surface area contributed by atoms with Crippen LogP contribution in [0.4, 0.5) is 0 Å². The van der Waals surface area contributed by atoms with Crippen molar-refractivity contribution in [2.24, 2.45) is 0 Å². The molecule has 0 N–H and O–H groups in total. The Bertz CT molecular complexity index is 830. The summed E-state index contributed by atoms with van der Waals surface area (Å²) < 4.78 is 5.38. The fraction of sp³-hybridized carbons (Fsp3) is 0.300. The van der Waals surface area contributed by atoms with Crippen LogP contribution in [0.1, 0.15) is 17.3 Å². The van der Waals surface area contributed by atoms with Crippen molar-refractivity contribution in [1.29, 1.82) is 0 Å². The Morgan fingerprint density at radius 1 is 1.00 bits per heavy atom. The molecule has 0 bridgehead atoms. The van der Waals surface area contributed by atoms with Crippen LogP contribution in [0.25, 0.3) is 11.1 Å². The van der Waals surface area contributed by atoms with Gasteiger partial charge < -0.3 is 14.5 Å². The van der Waals surface area contributed by atoms with E-state index in [2.05, 4.69) is 0 Å². The van der Waals surface area contributed by atoms with Gasteiger partial charge in [0.2, 0.25) is 5.91 Å². The summed E-state index contributed by atoms with van der Waals surface area (Å²) in [4.78, 5) is 27.9. The van der Waals surface area contributed by atoms with Crippen molar-refractivity contribution in [2.75, 3.05) is 33.3 Å². The molecule has 0 atom stereocenters. The zero-order chi connectivity index (χ0) is 18.7. The highest BCUT2D eigenvalue weighted by Gasteiger charge is 2.24. The summed E-state index contributed by atoms with van der Waals surface area (Å²) in [5.41, 5.74) is 2.24. The van der Waals surface area contributed by atoms with Gasteiger partial charge in [-0.3, -0.25) is 9.59 Å². The molecule has 0 saturated carbocycles. The summed E-state index contributed by atoms with van der Waals surface area (Å²) in [6.07, 6.45) is 0. The van der Waals surface area contributed by atoms with Crippen molar-refractivity contribution >= 4 is 23.4 Å². The van der Waals surface area contributed by atoms with Crippen LogP contribution >= 0.6 is 11.6 Å². The molecule has 0 unspecified atom stereocenters. The minimum absolute atomic E-state index is 0.0412. The van der Waals surface area contributed by atoms with Gasteiger partial charge in [0.1, 0.15) is 5.75 Å². The van der Waals surface area contributed by atoms with E-state index in [0.29, 0.717) is 42.5 Å². The van der Waals surface area contributed by atoms with E-state index in [4.69, 9.17) is 16.3 Å². The smallest absolute Gasteiger partial charge is 0.254 e. The molecule has 6 heteroatoms. The van der Waals surface area contributed by atoms with Crippen molar-refractivity contribution in [1.82, 2.24) is 9.80 Å². The van der Waals surface area contributed by atoms with Crippen LogP contribution in [-0.4, -0.2) is 54.9 Å². The van der Waals surface area contributed by atoms with Crippen LogP contribution in [0.3, 0.4) is 0 Å². The number of nitrogens with zero attached hydrogens (tertiary/aromatic N) is 2. The molecule has 1 fully saturated rings. The van der Waals surface area contributed by atoms with Crippen LogP contribution in [0.15, 0.2) is 42.5 Å². The van der Waals surface area contributed by atoms with E-state index in [1.165, 1.54) is 0 Å². The first-order valence-electron chi connectivity index (χ1n) is 8.48. The number of amides is 2. The highest BCUT2D eigenvalue weighted by molar-refractivity contribution is 6.33. The van der Waals surface area contributed by atoms with Gasteiger partial charge in [-0.05, 0) is 29.8 Å². The molecule has 5 nitrogen and oxygen atoms in total. The average molecular weight is 373 g/mol. The Labute approximate surface area is 158 Å². The Kier molecular flexibility index (Phi) is 5.47. The quantitative estimate of drug-likeness (QED) is 0.830. The van der Waals surface area contributed by atoms with Gasteiger partial charge in [-0.15, -0.1) is 0 Å². The SMILES string of the molecule is COc1cc(C(=O)N2CCN(C(C)=O)CC2)cc(-c2ccccc2Cl)c1. The van der Waals surface area contributed by atoms with Crippen LogP contribution in [-0.2, 0) is 4.79 Å². The molecule has 1 aliphatic rings. The van der Waals surface area contributed by atoms with Gasteiger partial charge in [0.15, 0.2) is 0 Å². The molecular formula is C20H21ClN2O3. The molecule has 1 saturated heterocycles. The van der Waals surface area contributed by atoms with Crippen LogP contribution in [0.2, 0.25) is 5.02 Å². The average Bonchev–Trinajstić information content (AvgIpc) is 2.67. The van der Waals surface area contributed by atoms with E-state index in [1.807, 2.05) is 36.4 Å². The number of carbonyl (C=O) groups is 2.